The van der Waals surface area contributed by atoms with Gasteiger partial charge in [-0.1, -0.05) is 11.6 Å². The summed E-state index contributed by atoms with van der Waals surface area (Å²) in [6, 6.07) is 2.67. The lowest BCUT2D eigenvalue weighted by atomic mass is 10.3. The normalized spacial score (nSPS) is 11.7. The number of rotatable bonds is 5. The van der Waals surface area contributed by atoms with Crippen LogP contribution in [0, 0.1) is 0 Å². The van der Waals surface area contributed by atoms with E-state index in [-0.39, 0.29) is 23.1 Å². The van der Waals surface area contributed by atoms with E-state index in [1.54, 1.807) is 0 Å². The molecule has 0 spiro atoms. The molecule has 0 radical (unpaired) electrons. The number of hydrogen-bond donors (Lipinski definition) is 2. The zero-order valence-electron chi connectivity index (χ0n) is 9.28. The predicted octanol–water partition coefficient (Wildman–Crippen LogP) is 1.59. The standard InChI is InChI=1S/C10H12ClF3N2O2/c11-7-1-2-9(15-8(7)5-18)16(3-4-17)6-10(12,13)14/h1-2,17-18H,3-6H2. The molecule has 0 amide bonds. The summed E-state index contributed by atoms with van der Waals surface area (Å²) in [5.74, 6) is 0.00910. The fraction of sp³-hybridized carbons (Fsp3) is 0.500. The van der Waals surface area contributed by atoms with Crippen molar-refractivity contribution < 1.29 is 23.4 Å². The van der Waals surface area contributed by atoms with Crippen molar-refractivity contribution in [2.45, 2.75) is 12.8 Å². The number of aliphatic hydroxyl groups is 2. The van der Waals surface area contributed by atoms with Gasteiger partial charge in [-0.05, 0) is 12.1 Å². The highest BCUT2D eigenvalue weighted by molar-refractivity contribution is 6.31. The SMILES string of the molecule is OCCN(CC(F)(F)F)c1ccc(Cl)c(CO)n1. The van der Waals surface area contributed by atoms with E-state index in [0.717, 1.165) is 4.90 Å². The van der Waals surface area contributed by atoms with E-state index in [0.29, 0.717) is 0 Å². The van der Waals surface area contributed by atoms with Crippen molar-refractivity contribution in [1.29, 1.82) is 0 Å². The first-order valence-electron chi connectivity index (χ1n) is 5.06. The van der Waals surface area contributed by atoms with Gasteiger partial charge in [-0.25, -0.2) is 4.98 Å². The highest BCUT2D eigenvalue weighted by Crippen LogP contribution is 2.23. The Labute approximate surface area is 107 Å². The van der Waals surface area contributed by atoms with E-state index in [4.69, 9.17) is 21.8 Å². The van der Waals surface area contributed by atoms with Crippen molar-refractivity contribution in [3.05, 3.63) is 22.8 Å². The van der Waals surface area contributed by atoms with Crippen molar-refractivity contribution in [1.82, 2.24) is 4.98 Å². The van der Waals surface area contributed by atoms with E-state index in [1.165, 1.54) is 12.1 Å². The molecule has 0 unspecified atom stereocenters. The van der Waals surface area contributed by atoms with Gasteiger partial charge in [0, 0.05) is 6.54 Å². The van der Waals surface area contributed by atoms with Gasteiger partial charge in [0.2, 0.25) is 0 Å². The smallest absolute Gasteiger partial charge is 0.395 e. The Kier molecular flexibility index (Phi) is 5.18. The maximum absolute atomic E-state index is 12.3. The highest BCUT2D eigenvalue weighted by Gasteiger charge is 2.31. The molecule has 8 heteroatoms. The van der Waals surface area contributed by atoms with Crippen molar-refractivity contribution >= 4 is 17.4 Å². The van der Waals surface area contributed by atoms with E-state index < -0.39 is 25.9 Å². The Morgan fingerprint density at radius 1 is 1.28 bits per heavy atom. The third kappa shape index (κ3) is 4.32. The van der Waals surface area contributed by atoms with Gasteiger partial charge in [-0.15, -0.1) is 0 Å². The minimum atomic E-state index is -4.41. The molecule has 0 aliphatic carbocycles. The van der Waals surface area contributed by atoms with E-state index >= 15 is 0 Å². The molecule has 0 bridgehead atoms. The van der Waals surface area contributed by atoms with Crippen molar-refractivity contribution in [2.75, 3.05) is 24.6 Å². The third-order valence-electron chi connectivity index (χ3n) is 2.12. The van der Waals surface area contributed by atoms with Crippen molar-refractivity contribution in [3.63, 3.8) is 0 Å². The maximum atomic E-state index is 12.3. The summed E-state index contributed by atoms with van der Waals surface area (Å²) >= 11 is 5.70. The van der Waals surface area contributed by atoms with Gasteiger partial charge in [-0.3, -0.25) is 0 Å². The van der Waals surface area contributed by atoms with Crippen LogP contribution in [-0.2, 0) is 6.61 Å². The summed E-state index contributed by atoms with van der Waals surface area (Å²) in [5.41, 5.74) is 0.0966. The zero-order valence-corrected chi connectivity index (χ0v) is 10.0. The van der Waals surface area contributed by atoms with Crippen LogP contribution in [0.3, 0.4) is 0 Å². The molecule has 18 heavy (non-hydrogen) atoms. The number of hydrogen-bond acceptors (Lipinski definition) is 4. The average Bonchev–Trinajstić information content (AvgIpc) is 2.27. The third-order valence-corrected chi connectivity index (χ3v) is 2.46. The number of aromatic nitrogens is 1. The number of anilines is 1. The minimum Gasteiger partial charge on any atom is -0.395 e. The summed E-state index contributed by atoms with van der Waals surface area (Å²) in [5, 5.41) is 17.9. The maximum Gasteiger partial charge on any atom is 0.405 e. The van der Waals surface area contributed by atoms with Gasteiger partial charge >= 0.3 is 6.18 Å². The molecule has 0 atom stereocenters. The van der Waals surface area contributed by atoms with Gasteiger partial charge in [0.15, 0.2) is 0 Å². The quantitative estimate of drug-likeness (QED) is 0.862. The molecule has 1 heterocycles. The molecule has 4 nitrogen and oxygen atoms in total. The van der Waals surface area contributed by atoms with Crippen LogP contribution in [0.4, 0.5) is 19.0 Å². The second-order valence-corrected chi connectivity index (χ2v) is 3.92. The van der Waals surface area contributed by atoms with Gasteiger partial charge in [0.05, 0.1) is 23.9 Å². The van der Waals surface area contributed by atoms with Gasteiger partial charge in [0.1, 0.15) is 12.4 Å². The summed E-state index contributed by atoms with van der Waals surface area (Å²) in [7, 11) is 0. The van der Waals surface area contributed by atoms with Crippen LogP contribution in [-0.4, -0.2) is 41.1 Å². The Hall–Kier alpha value is -1.05. The van der Waals surface area contributed by atoms with Crippen molar-refractivity contribution in [3.8, 4) is 0 Å². The Balaban J connectivity index is 2.98. The first kappa shape index (κ1) is 15.0. The van der Waals surface area contributed by atoms with E-state index in [1.807, 2.05) is 0 Å². The number of alkyl halides is 3. The first-order valence-corrected chi connectivity index (χ1v) is 5.44. The molecule has 1 rings (SSSR count). The molecular formula is C10H12ClF3N2O2. The lowest BCUT2D eigenvalue weighted by Gasteiger charge is -2.24. The largest absolute Gasteiger partial charge is 0.405 e. The molecule has 0 aliphatic rings. The lowest BCUT2D eigenvalue weighted by molar-refractivity contribution is -0.120. The lowest BCUT2D eigenvalue weighted by Crippen LogP contribution is -2.36. The number of pyridine rings is 1. The zero-order chi connectivity index (χ0) is 13.8. The molecule has 1 aromatic heterocycles. The summed E-state index contributed by atoms with van der Waals surface area (Å²) in [6.07, 6.45) is -4.41. The fourth-order valence-electron chi connectivity index (χ4n) is 1.37. The first-order chi connectivity index (χ1) is 8.37. The molecule has 0 saturated heterocycles. The van der Waals surface area contributed by atoms with Gasteiger partial charge in [0.25, 0.3) is 0 Å². The van der Waals surface area contributed by atoms with Crippen LogP contribution in [0.5, 0.6) is 0 Å². The molecule has 0 aromatic carbocycles. The van der Waals surface area contributed by atoms with Crippen LogP contribution >= 0.6 is 11.6 Å². The minimum absolute atomic E-state index is 0.00910. The summed E-state index contributed by atoms with van der Waals surface area (Å²) in [6.45, 7) is -2.34. The summed E-state index contributed by atoms with van der Waals surface area (Å²) in [4.78, 5) is 4.70. The second-order valence-electron chi connectivity index (χ2n) is 3.52. The molecule has 1 aromatic rings. The second kappa shape index (κ2) is 6.21. The molecule has 0 aliphatic heterocycles. The fourth-order valence-corrected chi connectivity index (χ4v) is 1.54. The van der Waals surface area contributed by atoms with Crippen LogP contribution < -0.4 is 4.90 Å². The molecule has 2 N–H and O–H groups in total. The predicted molar refractivity (Wildman–Crippen MR) is 60.5 cm³/mol. The monoisotopic (exact) mass is 284 g/mol. The number of aliphatic hydroxyl groups excluding tert-OH is 2. The number of nitrogens with zero attached hydrogens (tertiary/aromatic N) is 2. The van der Waals surface area contributed by atoms with Crippen molar-refractivity contribution in [2.24, 2.45) is 0 Å². The van der Waals surface area contributed by atoms with Crippen LogP contribution in [0.25, 0.3) is 0 Å². The Bertz CT molecular complexity index is 401. The molecular weight excluding hydrogens is 273 g/mol. The summed E-state index contributed by atoms with van der Waals surface area (Å²) < 4.78 is 37.0. The number of halogens is 4. The van der Waals surface area contributed by atoms with Crippen LogP contribution in [0.15, 0.2) is 12.1 Å². The van der Waals surface area contributed by atoms with E-state index in [2.05, 4.69) is 4.98 Å². The molecule has 0 saturated carbocycles. The molecule has 102 valence electrons. The van der Waals surface area contributed by atoms with Crippen LogP contribution in [0.2, 0.25) is 5.02 Å². The Morgan fingerprint density at radius 2 is 1.94 bits per heavy atom. The average molecular weight is 285 g/mol. The van der Waals surface area contributed by atoms with Gasteiger partial charge in [-0.2, -0.15) is 13.2 Å². The van der Waals surface area contributed by atoms with E-state index in [9.17, 15) is 13.2 Å². The Morgan fingerprint density at radius 3 is 2.44 bits per heavy atom. The van der Waals surface area contributed by atoms with Gasteiger partial charge < -0.3 is 15.1 Å². The topological polar surface area (TPSA) is 56.6 Å². The molecule has 0 fully saturated rings. The van der Waals surface area contributed by atoms with Crippen LogP contribution in [0.1, 0.15) is 5.69 Å². The highest BCUT2D eigenvalue weighted by atomic mass is 35.5.